The van der Waals surface area contributed by atoms with E-state index < -0.39 is 0 Å². The molecule has 0 bridgehead atoms. The predicted octanol–water partition coefficient (Wildman–Crippen LogP) is 3.99. The minimum atomic E-state index is -0.0901. The second-order valence-electron chi connectivity index (χ2n) is 8.81. The first-order valence-electron chi connectivity index (χ1n) is 11.5. The van der Waals surface area contributed by atoms with E-state index in [1.165, 1.54) is 5.56 Å². The lowest BCUT2D eigenvalue weighted by Gasteiger charge is -2.38. The van der Waals surface area contributed by atoms with Gasteiger partial charge in [0, 0.05) is 44.3 Å². The number of carbonyl (C=O) groups excluding carboxylic acids is 2. The van der Waals surface area contributed by atoms with Gasteiger partial charge in [0.15, 0.2) is 0 Å². The van der Waals surface area contributed by atoms with Crippen LogP contribution in [0.15, 0.2) is 48.5 Å². The Labute approximate surface area is 205 Å². The van der Waals surface area contributed by atoms with Crippen LogP contribution in [0.25, 0.3) is 0 Å². The van der Waals surface area contributed by atoms with Crippen LogP contribution in [0.1, 0.15) is 18.4 Å². The molecule has 4 rings (SSSR count). The highest BCUT2D eigenvalue weighted by molar-refractivity contribution is 6.42. The molecule has 33 heavy (non-hydrogen) atoms. The van der Waals surface area contributed by atoms with E-state index in [4.69, 9.17) is 23.2 Å². The first-order chi connectivity index (χ1) is 16.0. The fourth-order valence-corrected chi connectivity index (χ4v) is 4.84. The SMILES string of the molecule is O=C(CN1CCC(C(=O)N2CCN(Cc3ccccc3)CC2)CC1)Nc1ccc(Cl)c(Cl)c1. The number of hydrogen-bond donors (Lipinski definition) is 1. The number of benzene rings is 2. The maximum Gasteiger partial charge on any atom is 0.238 e. The summed E-state index contributed by atoms with van der Waals surface area (Å²) < 4.78 is 0. The van der Waals surface area contributed by atoms with E-state index in [1.54, 1.807) is 18.2 Å². The number of hydrogen-bond acceptors (Lipinski definition) is 4. The highest BCUT2D eigenvalue weighted by Crippen LogP contribution is 2.25. The van der Waals surface area contributed by atoms with Crippen molar-refractivity contribution < 1.29 is 9.59 Å². The van der Waals surface area contributed by atoms with Crippen molar-refractivity contribution in [3.63, 3.8) is 0 Å². The molecule has 2 aliphatic heterocycles. The monoisotopic (exact) mass is 488 g/mol. The third kappa shape index (κ3) is 6.70. The number of halogens is 2. The zero-order valence-electron chi connectivity index (χ0n) is 18.7. The Morgan fingerprint density at radius 3 is 2.21 bits per heavy atom. The lowest BCUT2D eigenvalue weighted by atomic mass is 9.95. The summed E-state index contributed by atoms with van der Waals surface area (Å²) in [6, 6.07) is 15.5. The summed E-state index contributed by atoms with van der Waals surface area (Å²) in [5.74, 6) is 0.238. The van der Waals surface area contributed by atoms with Crippen molar-refractivity contribution in [2.75, 3.05) is 51.1 Å². The Morgan fingerprint density at radius 1 is 0.848 bits per heavy atom. The number of piperazine rings is 1. The average molecular weight is 489 g/mol. The molecule has 8 heteroatoms. The molecule has 2 aliphatic rings. The van der Waals surface area contributed by atoms with Crippen molar-refractivity contribution in [1.29, 1.82) is 0 Å². The molecule has 0 radical (unpaired) electrons. The van der Waals surface area contributed by atoms with Crippen molar-refractivity contribution in [2.45, 2.75) is 19.4 Å². The maximum atomic E-state index is 13.0. The van der Waals surface area contributed by atoms with E-state index >= 15 is 0 Å². The second kappa shape index (κ2) is 11.3. The van der Waals surface area contributed by atoms with Gasteiger partial charge in [-0.05, 0) is 49.7 Å². The topological polar surface area (TPSA) is 55.9 Å². The van der Waals surface area contributed by atoms with E-state index in [9.17, 15) is 9.59 Å². The van der Waals surface area contributed by atoms with E-state index in [-0.39, 0.29) is 17.7 Å². The Kier molecular flexibility index (Phi) is 8.25. The summed E-state index contributed by atoms with van der Waals surface area (Å²) in [5, 5.41) is 3.73. The Balaban J connectivity index is 1.17. The van der Waals surface area contributed by atoms with Gasteiger partial charge in [-0.2, -0.15) is 0 Å². The third-order valence-electron chi connectivity index (χ3n) is 6.44. The van der Waals surface area contributed by atoms with Crippen LogP contribution in [0, 0.1) is 5.92 Å². The van der Waals surface area contributed by atoms with Crippen LogP contribution in [0.3, 0.4) is 0 Å². The summed E-state index contributed by atoms with van der Waals surface area (Å²) in [4.78, 5) is 32.0. The minimum Gasteiger partial charge on any atom is -0.340 e. The molecule has 2 amide bonds. The van der Waals surface area contributed by atoms with Crippen molar-refractivity contribution in [1.82, 2.24) is 14.7 Å². The van der Waals surface area contributed by atoms with Gasteiger partial charge in [0.05, 0.1) is 16.6 Å². The molecule has 0 aromatic heterocycles. The molecule has 6 nitrogen and oxygen atoms in total. The number of piperidine rings is 1. The molecule has 2 saturated heterocycles. The highest BCUT2D eigenvalue weighted by Gasteiger charge is 2.30. The van der Waals surface area contributed by atoms with Crippen LogP contribution < -0.4 is 5.32 Å². The fourth-order valence-electron chi connectivity index (χ4n) is 4.54. The third-order valence-corrected chi connectivity index (χ3v) is 7.18. The maximum absolute atomic E-state index is 13.0. The van der Waals surface area contributed by atoms with E-state index in [0.29, 0.717) is 22.3 Å². The van der Waals surface area contributed by atoms with Gasteiger partial charge in [0.1, 0.15) is 0 Å². The van der Waals surface area contributed by atoms with Crippen LogP contribution in [0.4, 0.5) is 5.69 Å². The van der Waals surface area contributed by atoms with E-state index in [2.05, 4.69) is 39.4 Å². The number of carbonyl (C=O) groups is 2. The van der Waals surface area contributed by atoms with Gasteiger partial charge in [0.2, 0.25) is 11.8 Å². The first kappa shape index (κ1) is 24.0. The molecule has 2 fully saturated rings. The van der Waals surface area contributed by atoms with Gasteiger partial charge in [-0.3, -0.25) is 19.4 Å². The summed E-state index contributed by atoms with van der Waals surface area (Å²) in [6.45, 7) is 6.14. The van der Waals surface area contributed by atoms with E-state index in [1.807, 2.05) is 11.0 Å². The summed E-state index contributed by atoms with van der Waals surface area (Å²) >= 11 is 11.9. The van der Waals surface area contributed by atoms with Gasteiger partial charge >= 0.3 is 0 Å². The molecule has 2 aromatic rings. The summed E-state index contributed by atoms with van der Waals surface area (Å²) in [7, 11) is 0. The minimum absolute atomic E-state index is 0.0556. The highest BCUT2D eigenvalue weighted by atomic mass is 35.5. The summed E-state index contributed by atoms with van der Waals surface area (Å²) in [6.07, 6.45) is 1.59. The molecule has 2 aromatic carbocycles. The van der Waals surface area contributed by atoms with Crippen LogP contribution in [0.2, 0.25) is 10.0 Å². The normalized spacial score (nSPS) is 18.3. The Hall–Kier alpha value is -2.12. The van der Waals surface area contributed by atoms with Gasteiger partial charge < -0.3 is 10.2 Å². The predicted molar refractivity (Wildman–Crippen MR) is 133 cm³/mol. The van der Waals surface area contributed by atoms with E-state index in [0.717, 1.165) is 58.7 Å². The fraction of sp³-hybridized carbons (Fsp3) is 0.440. The van der Waals surface area contributed by atoms with Crippen molar-refractivity contribution in [3.05, 3.63) is 64.1 Å². The molecule has 176 valence electrons. The summed E-state index contributed by atoms with van der Waals surface area (Å²) in [5.41, 5.74) is 1.94. The largest absolute Gasteiger partial charge is 0.340 e. The number of amides is 2. The second-order valence-corrected chi connectivity index (χ2v) is 9.63. The molecule has 0 atom stereocenters. The van der Waals surface area contributed by atoms with Crippen LogP contribution >= 0.6 is 23.2 Å². The lowest BCUT2D eigenvalue weighted by Crippen LogP contribution is -2.51. The number of anilines is 1. The number of likely N-dealkylation sites (tertiary alicyclic amines) is 1. The molecule has 2 heterocycles. The molecule has 0 spiro atoms. The number of nitrogens with one attached hydrogen (secondary N) is 1. The smallest absolute Gasteiger partial charge is 0.238 e. The quantitative estimate of drug-likeness (QED) is 0.667. The van der Waals surface area contributed by atoms with Gasteiger partial charge in [-0.15, -0.1) is 0 Å². The molecule has 1 N–H and O–H groups in total. The lowest BCUT2D eigenvalue weighted by molar-refractivity contribution is -0.139. The molecule has 0 aliphatic carbocycles. The molecule has 0 unspecified atom stereocenters. The molecular weight excluding hydrogens is 459 g/mol. The number of nitrogens with zero attached hydrogens (tertiary/aromatic N) is 3. The number of rotatable bonds is 6. The van der Waals surface area contributed by atoms with Crippen molar-refractivity contribution in [3.8, 4) is 0 Å². The zero-order chi connectivity index (χ0) is 23.2. The van der Waals surface area contributed by atoms with Crippen molar-refractivity contribution >= 4 is 40.7 Å². The van der Waals surface area contributed by atoms with Gasteiger partial charge in [0.25, 0.3) is 0 Å². The standard InChI is InChI=1S/C25H30Cl2N4O2/c26-22-7-6-21(16-23(22)27)28-24(32)18-29-10-8-20(9-11-29)25(33)31-14-12-30(13-15-31)17-19-4-2-1-3-5-19/h1-7,16,20H,8-15,17-18H2,(H,28,32). The van der Waals surface area contributed by atoms with Crippen LogP contribution in [-0.2, 0) is 16.1 Å². The Morgan fingerprint density at radius 2 is 1.55 bits per heavy atom. The van der Waals surface area contributed by atoms with Gasteiger partial charge in [-0.25, -0.2) is 0 Å². The molecular formula is C25H30Cl2N4O2. The Bertz CT molecular complexity index is 956. The van der Waals surface area contributed by atoms with Crippen LogP contribution in [0.5, 0.6) is 0 Å². The average Bonchev–Trinajstić information content (AvgIpc) is 2.83. The zero-order valence-corrected chi connectivity index (χ0v) is 20.2. The van der Waals surface area contributed by atoms with Gasteiger partial charge in [-0.1, -0.05) is 53.5 Å². The van der Waals surface area contributed by atoms with Crippen LogP contribution in [-0.4, -0.2) is 72.3 Å². The van der Waals surface area contributed by atoms with Crippen molar-refractivity contribution in [2.24, 2.45) is 5.92 Å². The molecule has 0 saturated carbocycles. The first-order valence-corrected chi connectivity index (χ1v) is 12.3.